The SMILES string of the molecule is N#Cc1ccc(C(=O)N2CCCNC(=O)C2)cc1. The van der Waals surface area contributed by atoms with Gasteiger partial charge in [0.2, 0.25) is 5.91 Å². The van der Waals surface area contributed by atoms with Crippen LogP contribution in [0.1, 0.15) is 22.3 Å². The highest BCUT2D eigenvalue weighted by atomic mass is 16.2. The minimum Gasteiger partial charge on any atom is -0.354 e. The van der Waals surface area contributed by atoms with Gasteiger partial charge in [-0.25, -0.2) is 0 Å². The molecule has 1 aromatic rings. The normalized spacial score (nSPS) is 15.5. The summed E-state index contributed by atoms with van der Waals surface area (Å²) >= 11 is 0. The van der Waals surface area contributed by atoms with Crippen LogP contribution in [0.4, 0.5) is 0 Å². The molecule has 0 bridgehead atoms. The third kappa shape index (κ3) is 2.66. The van der Waals surface area contributed by atoms with E-state index in [9.17, 15) is 9.59 Å². The van der Waals surface area contributed by atoms with Gasteiger partial charge >= 0.3 is 0 Å². The van der Waals surface area contributed by atoms with E-state index in [1.165, 1.54) is 4.90 Å². The van der Waals surface area contributed by atoms with Crippen LogP contribution in [-0.4, -0.2) is 36.3 Å². The Morgan fingerprint density at radius 3 is 2.72 bits per heavy atom. The van der Waals surface area contributed by atoms with Crippen LogP contribution in [0.15, 0.2) is 24.3 Å². The second kappa shape index (κ2) is 5.32. The second-order valence-corrected chi connectivity index (χ2v) is 4.12. The first-order valence-corrected chi connectivity index (χ1v) is 5.77. The highest BCUT2D eigenvalue weighted by Gasteiger charge is 2.20. The lowest BCUT2D eigenvalue weighted by molar-refractivity contribution is -0.121. The lowest BCUT2D eigenvalue weighted by atomic mass is 10.1. The van der Waals surface area contributed by atoms with Crippen LogP contribution in [0.5, 0.6) is 0 Å². The zero-order valence-electron chi connectivity index (χ0n) is 9.85. The number of amides is 2. The standard InChI is InChI=1S/C13H13N3O2/c14-8-10-2-4-11(5-3-10)13(18)16-7-1-6-15-12(17)9-16/h2-5H,1,6-7,9H2,(H,15,17). The number of nitrogens with one attached hydrogen (secondary N) is 1. The predicted molar refractivity (Wildman–Crippen MR) is 64.7 cm³/mol. The van der Waals surface area contributed by atoms with E-state index in [2.05, 4.69) is 5.32 Å². The molecular formula is C13H13N3O2. The zero-order valence-corrected chi connectivity index (χ0v) is 9.85. The predicted octanol–water partition coefficient (Wildman–Crippen LogP) is 0.520. The third-order valence-electron chi connectivity index (χ3n) is 2.81. The van der Waals surface area contributed by atoms with Crippen molar-refractivity contribution in [2.45, 2.75) is 6.42 Å². The number of carbonyl (C=O) groups excluding carboxylic acids is 2. The molecule has 5 heteroatoms. The van der Waals surface area contributed by atoms with Gasteiger partial charge in [0, 0.05) is 18.7 Å². The van der Waals surface area contributed by atoms with Crippen molar-refractivity contribution in [1.82, 2.24) is 10.2 Å². The van der Waals surface area contributed by atoms with Crippen LogP contribution in [0, 0.1) is 11.3 Å². The van der Waals surface area contributed by atoms with E-state index in [1.54, 1.807) is 24.3 Å². The number of benzene rings is 1. The minimum atomic E-state index is -0.170. The summed E-state index contributed by atoms with van der Waals surface area (Å²) in [6, 6.07) is 8.43. The first-order chi connectivity index (χ1) is 8.70. The number of rotatable bonds is 1. The molecule has 0 aliphatic carbocycles. The molecular weight excluding hydrogens is 230 g/mol. The van der Waals surface area contributed by atoms with Crippen molar-refractivity contribution in [1.29, 1.82) is 5.26 Å². The molecule has 0 unspecified atom stereocenters. The summed E-state index contributed by atoms with van der Waals surface area (Å²) in [5.74, 6) is -0.300. The fourth-order valence-corrected chi connectivity index (χ4v) is 1.85. The molecule has 2 rings (SSSR count). The molecule has 5 nitrogen and oxygen atoms in total. The van der Waals surface area contributed by atoms with E-state index in [0.717, 1.165) is 6.42 Å². The third-order valence-corrected chi connectivity index (χ3v) is 2.81. The summed E-state index contributed by atoms with van der Waals surface area (Å²) in [5, 5.41) is 11.4. The Morgan fingerprint density at radius 2 is 2.06 bits per heavy atom. The topological polar surface area (TPSA) is 73.2 Å². The van der Waals surface area contributed by atoms with Crippen molar-refractivity contribution < 1.29 is 9.59 Å². The monoisotopic (exact) mass is 243 g/mol. The molecule has 1 saturated heterocycles. The first kappa shape index (κ1) is 12.1. The summed E-state index contributed by atoms with van der Waals surface area (Å²) in [7, 11) is 0. The summed E-state index contributed by atoms with van der Waals surface area (Å²) in [6.07, 6.45) is 0.758. The molecule has 1 aliphatic rings. The van der Waals surface area contributed by atoms with Crippen LogP contribution < -0.4 is 5.32 Å². The number of carbonyl (C=O) groups is 2. The van der Waals surface area contributed by atoms with Crippen LogP contribution in [0.2, 0.25) is 0 Å². The van der Waals surface area contributed by atoms with Gasteiger partial charge in [0.1, 0.15) is 0 Å². The number of hydrogen-bond donors (Lipinski definition) is 1. The fraction of sp³-hybridized carbons (Fsp3) is 0.308. The van der Waals surface area contributed by atoms with Crippen LogP contribution in [-0.2, 0) is 4.79 Å². The Labute approximate surface area is 105 Å². The minimum absolute atomic E-state index is 0.0961. The van der Waals surface area contributed by atoms with Gasteiger partial charge in [-0.1, -0.05) is 0 Å². The quantitative estimate of drug-likeness (QED) is 0.781. The van der Waals surface area contributed by atoms with Gasteiger partial charge < -0.3 is 10.2 Å². The van der Waals surface area contributed by atoms with E-state index in [0.29, 0.717) is 24.2 Å². The zero-order chi connectivity index (χ0) is 13.0. The molecule has 0 radical (unpaired) electrons. The number of nitrogens with zero attached hydrogens (tertiary/aromatic N) is 2. The molecule has 1 heterocycles. The molecule has 0 saturated carbocycles. The van der Waals surface area contributed by atoms with Gasteiger partial charge in [-0.3, -0.25) is 9.59 Å². The Kier molecular flexibility index (Phi) is 3.58. The summed E-state index contributed by atoms with van der Waals surface area (Å²) in [4.78, 5) is 25.1. The average molecular weight is 243 g/mol. The van der Waals surface area contributed by atoms with E-state index >= 15 is 0 Å². The van der Waals surface area contributed by atoms with Gasteiger partial charge in [-0.05, 0) is 30.7 Å². The van der Waals surface area contributed by atoms with Crippen LogP contribution in [0.25, 0.3) is 0 Å². The molecule has 1 fully saturated rings. The van der Waals surface area contributed by atoms with E-state index < -0.39 is 0 Å². The second-order valence-electron chi connectivity index (χ2n) is 4.12. The molecule has 1 aromatic carbocycles. The highest BCUT2D eigenvalue weighted by Crippen LogP contribution is 2.08. The molecule has 0 aromatic heterocycles. The van der Waals surface area contributed by atoms with Crippen molar-refractivity contribution in [3.8, 4) is 6.07 Å². The van der Waals surface area contributed by atoms with Crippen LogP contribution >= 0.6 is 0 Å². The summed E-state index contributed by atoms with van der Waals surface area (Å²) in [5.41, 5.74) is 1.02. The highest BCUT2D eigenvalue weighted by molar-refractivity contribution is 5.96. The molecule has 1 N–H and O–H groups in total. The number of hydrogen-bond acceptors (Lipinski definition) is 3. The summed E-state index contributed by atoms with van der Waals surface area (Å²) in [6.45, 7) is 1.27. The lowest BCUT2D eigenvalue weighted by Gasteiger charge is -2.18. The maximum absolute atomic E-state index is 12.2. The van der Waals surface area contributed by atoms with Gasteiger partial charge in [0.25, 0.3) is 5.91 Å². The van der Waals surface area contributed by atoms with Gasteiger partial charge in [-0.15, -0.1) is 0 Å². The number of nitriles is 1. The van der Waals surface area contributed by atoms with Crippen molar-refractivity contribution in [3.63, 3.8) is 0 Å². The first-order valence-electron chi connectivity index (χ1n) is 5.77. The van der Waals surface area contributed by atoms with Gasteiger partial charge in [-0.2, -0.15) is 5.26 Å². The van der Waals surface area contributed by atoms with E-state index in [-0.39, 0.29) is 18.4 Å². The average Bonchev–Trinajstić information content (AvgIpc) is 2.63. The molecule has 1 aliphatic heterocycles. The molecule has 0 spiro atoms. The van der Waals surface area contributed by atoms with Crippen molar-refractivity contribution >= 4 is 11.8 Å². The molecule has 92 valence electrons. The fourth-order valence-electron chi connectivity index (χ4n) is 1.85. The van der Waals surface area contributed by atoms with Crippen LogP contribution in [0.3, 0.4) is 0 Å². The van der Waals surface area contributed by atoms with E-state index in [4.69, 9.17) is 5.26 Å². The molecule has 18 heavy (non-hydrogen) atoms. The Bertz CT molecular complexity index is 502. The summed E-state index contributed by atoms with van der Waals surface area (Å²) < 4.78 is 0. The van der Waals surface area contributed by atoms with Gasteiger partial charge in [0.05, 0.1) is 18.2 Å². The van der Waals surface area contributed by atoms with E-state index in [1.807, 2.05) is 6.07 Å². The van der Waals surface area contributed by atoms with Crippen molar-refractivity contribution in [2.75, 3.05) is 19.6 Å². The smallest absolute Gasteiger partial charge is 0.254 e. The maximum Gasteiger partial charge on any atom is 0.254 e. The Balaban J connectivity index is 2.14. The van der Waals surface area contributed by atoms with Crippen molar-refractivity contribution in [2.24, 2.45) is 0 Å². The Hall–Kier alpha value is -2.35. The Morgan fingerprint density at radius 1 is 1.33 bits per heavy atom. The van der Waals surface area contributed by atoms with Crippen molar-refractivity contribution in [3.05, 3.63) is 35.4 Å². The molecule has 2 amide bonds. The lowest BCUT2D eigenvalue weighted by Crippen LogP contribution is -2.37. The largest absolute Gasteiger partial charge is 0.354 e. The molecule has 0 atom stereocenters. The maximum atomic E-state index is 12.2. The van der Waals surface area contributed by atoms with Gasteiger partial charge in [0.15, 0.2) is 0 Å².